The van der Waals surface area contributed by atoms with Gasteiger partial charge in [-0.2, -0.15) is 5.10 Å². The van der Waals surface area contributed by atoms with Gasteiger partial charge in [-0.3, -0.25) is 4.68 Å². The Bertz CT molecular complexity index is 731. The van der Waals surface area contributed by atoms with Crippen molar-refractivity contribution >= 4 is 10.9 Å². The van der Waals surface area contributed by atoms with Crippen molar-refractivity contribution < 1.29 is 4.74 Å². The Morgan fingerprint density at radius 3 is 2.75 bits per heavy atom. The lowest BCUT2D eigenvalue weighted by atomic mass is 10.1. The highest BCUT2D eigenvalue weighted by Gasteiger charge is 2.02. The molecular formula is C17H18N2O. The highest BCUT2D eigenvalue weighted by Crippen LogP contribution is 2.17. The molecule has 0 aliphatic heterocycles. The first-order valence-electron chi connectivity index (χ1n) is 6.84. The van der Waals surface area contributed by atoms with E-state index in [-0.39, 0.29) is 0 Å². The Morgan fingerprint density at radius 1 is 1.05 bits per heavy atom. The van der Waals surface area contributed by atoms with Crippen LogP contribution in [0, 0.1) is 13.8 Å². The van der Waals surface area contributed by atoms with Gasteiger partial charge in [-0.25, -0.2) is 0 Å². The number of nitrogens with zero attached hydrogens (tertiary/aromatic N) is 2. The predicted molar refractivity (Wildman–Crippen MR) is 81.1 cm³/mol. The SMILES string of the molecule is Cc1ccc(OCCn2ncc3ccccc32)cc1C. The van der Waals surface area contributed by atoms with Gasteiger partial charge in [0.25, 0.3) is 0 Å². The molecule has 0 fully saturated rings. The highest BCUT2D eigenvalue weighted by molar-refractivity contribution is 5.78. The molecule has 102 valence electrons. The standard InChI is InChI=1S/C17H18N2O/c1-13-7-8-16(11-14(13)2)20-10-9-19-17-6-4-3-5-15(17)12-18-19/h3-8,11-12H,9-10H2,1-2H3. The van der Waals surface area contributed by atoms with E-state index in [1.54, 1.807) is 0 Å². The van der Waals surface area contributed by atoms with Crippen LogP contribution in [0.2, 0.25) is 0 Å². The van der Waals surface area contributed by atoms with Crippen LogP contribution < -0.4 is 4.74 Å². The van der Waals surface area contributed by atoms with Crippen LogP contribution in [0.1, 0.15) is 11.1 Å². The fourth-order valence-corrected chi connectivity index (χ4v) is 2.26. The molecule has 0 saturated carbocycles. The summed E-state index contributed by atoms with van der Waals surface area (Å²) in [6.07, 6.45) is 1.89. The summed E-state index contributed by atoms with van der Waals surface area (Å²) in [5.74, 6) is 0.921. The number of aryl methyl sites for hydroxylation is 2. The van der Waals surface area contributed by atoms with Crippen molar-refractivity contribution in [1.29, 1.82) is 0 Å². The van der Waals surface area contributed by atoms with Gasteiger partial charge in [-0.15, -0.1) is 0 Å². The zero-order valence-corrected chi connectivity index (χ0v) is 11.8. The van der Waals surface area contributed by atoms with Crippen molar-refractivity contribution in [2.45, 2.75) is 20.4 Å². The molecule has 0 saturated heterocycles. The number of fused-ring (bicyclic) bond motifs is 1. The molecule has 0 radical (unpaired) electrons. The fourth-order valence-electron chi connectivity index (χ4n) is 2.26. The van der Waals surface area contributed by atoms with Crippen LogP contribution in [-0.2, 0) is 6.54 Å². The van der Waals surface area contributed by atoms with Gasteiger partial charge in [-0.1, -0.05) is 24.3 Å². The lowest BCUT2D eigenvalue weighted by molar-refractivity contribution is 0.293. The van der Waals surface area contributed by atoms with Gasteiger partial charge in [0.15, 0.2) is 0 Å². The van der Waals surface area contributed by atoms with E-state index in [0.717, 1.165) is 17.8 Å². The Morgan fingerprint density at radius 2 is 1.90 bits per heavy atom. The van der Waals surface area contributed by atoms with E-state index in [9.17, 15) is 0 Å². The Balaban J connectivity index is 1.66. The number of hydrogen-bond donors (Lipinski definition) is 0. The quantitative estimate of drug-likeness (QED) is 0.719. The van der Waals surface area contributed by atoms with Gasteiger partial charge in [0.1, 0.15) is 12.4 Å². The van der Waals surface area contributed by atoms with Crippen LogP contribution >= 0.6 is 0 Å². The summed E-state index contributed by atoms with van der Waals surface area (Å²) in [4.78, 5) is 0. The summed E-state index contributed by atoms with van der Waals surface area (Å²) in [5.41, 5.74) is 3.69. The van der Waals surface area contributed by atoms with E-state index >= 15 is 0 Å². The van der Waals surface area contributed by atoms with Crippen molar-refractivity contribution in [3.8, 4) is 5.75 Å². The van der Waals surface area contributed by atoms with Crippen LogP contribution in [0.25, 0.3) is 10.9 Å². The second-order valence-corrected chi connectivity index (χ2v) is 5.02. The first-order valence-corrected chi connectivity index (χ1v) is 6.84. The van der Waals surface area contributed by atoms with Crippen LogP contribution in [-0.4, -0.2) is 16.4 Å². The van der Waals surface area contributed by atoms with E-state index in [1.165, 1.54) is 16.5 Å². The molecule has 0 atom stereocenters. The molecule has 0 aliphatic rings. The second kappa shape index (κ2) is 5.37. The van der Waals surface area contributed by atoms with Gasteiger partial charge < -0.3 is 4.74 Å². The molecular weight excluding hydrogens is 248 g/mol. The molecule has 2 aromatic carbocycles. The van der Waals surface area contributed by atoms with Crippen molar-refractivity contribution in [3.05, 3.63) is 59.8 Å². The van der Waals surface area contributed by atoms with E-state index in [2.05, 4.69) is 43.2 Å². The first kappa shape index (κ1) is 12.7. The Labute approximate surface area is 118 Å². The predicted octanol–water partition coefficient (Wildman–Crippen LogP) is 3.73. The summed E-state index contributed by atoms with van der Waals surface area (Å²) in [7, 11) is 0. The van der Waals surface area contributed by atoms with Gasteiger partial charge in [0, 0.05) is 5.39 Å². The topological polar surface area (TPSA) is 27.1 Å². The van der Waals surface area contributed by atoms with Crippen LogP contribution in [0.15, 0.2) is 48.7 Å². The molecule has 3 aromatic rings. The lowest BCUT2D eigenvalue weighted by Crippen LogP contribution is -2.09. The van der Waals surface area contributed by atoms with Crippen molar-refractivity contribution in [3.63, 3.8) is 0 Å². The average molecular weight is 266 g/mol. The summed E-state index contributed by atoms with van der Waals surface area (Å²) in [6, 6.07) is 14.4. The van der Waals surface area contributed by atoms with E-state index < -0.39 is 0 Å². The molecule has 3 heteroatoms. The first-order chi connectivity index (χ1) is 9.74. The van der Waals surface area contributed by atoms with Gasteiger partial charge in [0.2, 0.25) is 0 Å². The minimum absolute atomic E-state index is 0.619. The largest absolute Gasteiger partial charge is 0.492 e. The van der Waals surface area contributed by atoms with Crippen LogP contribution in [0.5, 0.6) is 5.75 Å². The van der Waals surface area contributed by atoms with Crippen molar-refractivity contribution in [2.75, 3.05) is 6.61 Å². The molecule has 3 nitrogen and oxygen atoms in total. The maximum atomic E-state index is 5.80. The molecule has 1 heterocycles. The monoisotopic (exact) mass is 266 g/mol. The van der Waals surface area contributed by atoms with Crippen molar-refractivity contribution in [1.82, 2.24) is 9.78 Å². The summed E-state index contributed by atoms with van der Waals surface area (Å²) in [5, 5.41) is 5.56. The minimum Gasteiger partial charge on any atom is -0.492 e. The highest BCUT2D eigenvalue weighted by atomic mass is 16.5. The molecule has 0 amide bonds. The third-order valence-corrected chi connectivity index (χ3v) is 3.60. The number of ether oxygens (including phenoxy) is 1. The average Bonchev–Trinajstić information content (AvgIpc) is 2.86. The Kier molecular flexibility index (Phi) is 3.42. The molecule has 3 rings (SSSR count). The molecule has 0 N–H and O–H groups in total. The smallest absolute Gasteiger partial charge is 0.119 e. The molecule has 0 bridgehead atoms. The maximum Gasteiger partial charge on any atom is 0.119 e. The lowest BCUT2D eigenvalue weighted by Gasteiger charge is -2.09. The number of para-hydroxylation sites is 1. The zero-order chi connectivity index (χ0) is 13.9. The third kappa shape index (κ3) is 2.52. The second-order valence-electron chi connectivity index (χ2n) is 5.02. The summed E-state index contributed by atoms with van der Waals surface area (Å²) >= 11 is 0. The Hall–Kier alpha value is -2.29. The van der Waals surface area contributed by atoms with Crippen molar-refractivity contribution in [2.24, 2.45) is 0 Å². The zero-order valence-electron chi connectivity index (χ0n) is 11.8. The number of rotatable bonds is 4. The molecule has 20 heavy (non-hydrogen) atoms. The van der Waals surface area contributed by atoms with Crippen LogP contribution in [0.3, 0.4) is 0 Å². The van der Waals surface area contributed by atoms with Gasteiger partial charge in [0.05, 0.1) is 18.3 Å². The fraction of sp³-hybridized carbons (Fsp3) is 0.235. The van der Waals surface area contributed by atoms with E-state index in [0.29, 0.717) is 6.61 Å². The summed E-state index contributed by atoms with van der Waals surface area (Å²) in [6.45, 7) is 5.58. The van der Waals surface area contributed by atoms with E-state index in [1.807, 2.05) is 29.1 Å². The molecule has 0 aliphatic carbocycles. The third-order valence-electron chi connectivity index (χ3n) is 3.60. The number of hydrogen-bond acceptors (Lipinski definition) is 2. The number of aromatic nitrogens is 2. The van der Waals surface area contributed by atoms with Crippen LogP contribution in [0.4, 0.5) is 0 Å². The number of benzene rings is 2. The maximum absolute atomic E-state index is 5.80. The summed E-state index contributed by atoms with van der Waals surface area (Å²) < 4.78 is 7.79. The van der Waals surface area contributed by atoms with Gasteiger partial charge in [-0.05, 0) is 43.2 Å². The molecule has 0 spiro atoms. The molecule has 1 aromatic heterocycles. The normalized spacial score (nSPS) is 10.9. The minimum atomic E-state index is 0.619. The van der Waals surface area contributed by atoms with E-state index in [4.69, 9.17) is 4.74 Å². The van der Waals surface area contributed by atoms with Gasteiger partial charge >= 0.3 is 0 Å². The molecule has 0 unspecified atom stereocenters.